The highest BCUT2D eigenvalue weighted by Gasteiger charge is 2.14. The van der Waals surface area contributed by atoms with E-state index in [0.717, 1.165) is 11.6 Å². The first-order chi connectivity index (χ1) is 10.6. The molecule has 2 heterocycles. The van der Waals surface area contributed by atoms with Crippen molar-refractivity contribution in [1.82, 2.24) is 5.32 Å². The molecule has 3 rings (SSSR count). The van der Waals surface area contributed by atoms with Crippen LogP contribution in [-0.4, -0.2) is 17.6 Å². The van der Waals surface area contributed by atoms with Crippen LogP contribution >= 0.6 is 11.3 Å². The Morgan fingerprint density at radius 2 is 2.14 bits per heavy atom. The lowest BCUT2D eigenvalue weighted by Crippen LogP contribution is -2.28. The van der Waals surface area contributed by atoms with Gasteiger partial charge in [-0.2, -0.15) is 11.3 Å². The van der Waals surface area contributed by atoms with Gasteiger partial charge in [0.05, 0.1) is 11.5 Å². The molecule has 2 aromatic heterocycles. The number of benzene rings is 1. The number of carbonyl (C=O) groups excluding carboxylic acids is 1. The van der Waals surface area contributed by atoms with Gasteiger partial charge in [-0.1, -0.05) is 12.1 Å². The number of aliphatic hydroxyl groups is 1. The Hall–Kier alpha value is -2.44. The zero-order valence-corrected chi connectivity index (χ0v) is 12.3. The summed E-state index contributed by atoms with van der Waals surface area (Å²) in [7, 11) is 0. The Morgan fingerprint density at radius 1 is 1.32 bits per heavy atom. The molecule has 1 aromatic carbocycles. The van der Waals surface area contributed by atoms with E-state index in [4.69, 9.17) is 4.42 Å². The van der Waals surface area contributed by atoms with Crippen molar-refractivity contribution >= 4 is 28.2 Å². The molecule has 0 aliphatic rings. The van der Waals surface area contributed by atoms with Crippen LogP contribution in [0.1, 0.15) is 22.2 Å². The number of rotatable bonds is 4. The molecule has 22 heavy (non-hydrogen) atoms. The molecule has 2 N–H and O–H groups in total. The van der Waals surface area contributed by atoms with Crippen LogP contribution in [0.15, 0.2) is 56.4 Å². The topological polar surface area (TPSA) is 79.5 Å². The molecular weight excluding hydrogens is 302 g/mol. The van der Waals surface area contributed by atoms with Crippen molar-refractivity contribution in [3.63, 3.8) is 0 Å². The Balaban J connectivity index is 1.76. The van der Waals surface area contributed by atoms with Gasteiger partial charge in [-0.3, -0.25) is 9.59 Å². The summed E-state index contributed by atoms with van der Waals surface area (Å²) in [6.07, 6.45) is -0.789. The number of amides is 1. The molecule has 0 aliphatic heterocycles. The van der Waals surface area contributed by atoms with E-state index in [9.17, 15) is 14.7 Å². The summed E-state index contributed by atoms with van der Waals surface area (Å²) in [6, 6.07) is 9.69. The molecule has 0 fully saturated rings. The highest BCUT2D eigenvalue weighted by atomic mass is 32.1. The second-order valence-electron chi connectivity index (χ2n) is 4.75. The molecule has 112 valence electrons. The minimum absolute atomic E-state index is 0.0477. The monoisotopic (exact) mass is 315 g/mol. The third-order valence-electron chi connectivity index (χ3n) is 3.24. The van der Waals surface area contributed by atoms with Gasteiger partial charge in [0.1, 0.15) is 5.58 Å². The van der Waals surface area contributed by atoms with E-state index in [1.165, 1.54) is 11.3 Å². The van der Waals surface area contributed by atoms with Crippen molar-refractivity contribution in [2.24, 2.45) is 0 Å². The number of hydrogen-bond donors (Lipinski definition) is 2. The van der Waals surface area contributed by atoms with E-state index in [-0.39, 0.29) is 17.7 Å². The predicted octanol–water partition coefficient (Wildman–Crippen LogP) is 2.32. The second kappa shape index (κ2) is 6.13. The summed E-state index contributed by atoms with van der Waals surface area (Å²) < 4.78 is 5.44. The normalized spacial score (nSPS) is 12.2. The highest BCUT2D eigenvalue weighted by molar-refractivity contribution is 7.07. The van der Waals surface area contributed by atoms with Crippen molar-refractivity contribution in [2.45, 2.75) is 6.10 Å². The van der Waals surface area contributed by atoms with Gasteiger partial charge in [0.2, 0.25) is 0 Å². The molecule has 1 amide bonds. The Labute approximate surface area is 129 Å². The number of thiophene rings is 1. The largest absolute Gasteiger partial charge is 0.451 e. The van der Waals surface area contributed by atoms with E-state index in [1.54, 1.807) is 30.3 Å². The van der Waals surface area contributed by atoms with Gasteiger partial charge < -0.3 is 14.8 Å². The van der Waals surface area contributed by atoms with Gasteiger partial charge in [-0.25, -0.2) is 0 Å². The lowest BCUT2D eigenvalue weighted by atomic mass is 10.2. The summed E-state index contributed by atoms with van der Waals surface area (Å²) in [5.74, 6) is -0.599. The van der Waals surface area contributed by atoms with Gasteiger partial charge in [-0.05, 0) is 34.5 Å². The third kappa shape index (κ3) is 2.93. The fraction of sp³-hybridized carbons (Fsp3) is 0.125. The minimum Gasteiger partial charge on any atom is -0.451 e. The van der Waals surface area contributed by atoms with Crippen molar-refractivity contribution < 1.29 is 14.3 Å². The zero-order valence-electron chi connectivity index (χ0n) is 11.5. The lowest BCUT2D eigenvalue weighted by Gasteiger charge is -2.10. The lowest BCUT2D eigenvalue weighted by molar-refractivity contribution is 0.0890. The van der Waals surface area contributed by atoms with Crippen LogP contribution in [-0.2, 0) is 0 Å². The number of aliphatic hydroxyl groups excluding tert-OH is 1. The number of carbonyl (C=O) groups is 1. The number of fused-ring (bicyclic) bond motifs is 1. The standard InChI is InChI=1S/C16H13NO4S/c18-12-7-15(21-14-4-2-1-3-11(12)14)16(20)17-8-13(19)10-5-6-22-9-10/h1-7,9,13,19H,8H2,(H,17,20). The zero-order chi connectivity index (χ0) is 15.5. The van der Waals surface area contributed by atoms with Gasteiger partial charge in [0, 0.05) is 12.6 Å². The Kier molecular flexibility index (Phi) is 4.04. The average molecular weight is 315 g/mol. The van der Waals surface area contributed by atoms with Crippen molar-refractivity contribution in [1.29, 1.82) is 0 Å². The Bertz CT molecular complexity index is 854. The molecule has 1 unspecified atom stereocenters. The van der Waals surface area contributed by atoms with Crippen LogP contribution < -0.4 is 10.7 Å². The molecule has 3 aromatic rings. The van der Waals surface area contributed by atoms with Crippen LogP contribution in [0.3, 0.4) is 0 Å². The Morgan fingerprint density at radius 3 is 2.91 bits per heavy atom. The van der Waals surface area contributed by atoms with Crippen LogP contribution in [0.4, 0.5) is 0 Å². The fourth-order valence-electron chi connectivity index (χ4n) is 2.07. The van der Waals surface area contributed by atoms with Gasteiger partial charge in [0.25, 0.3) is 5.91 Å². The van der Waals surface area contributed by atoms with Crippen molar-refractivity contribution in [2.75, 3.05) is 6.54 Å². The van der Waals surface area contributed by atoms with E-state index in [2.05, 4.69) is 5.32 Å². The fourth-order valence-corrected chi connectivity index (χ4v) is 2.78. The van der Waals surface area contributed by atoms with Crippen LogP contribution in [0, 0.1) is 0 Å². The molecule has 5 nitrogen and oxygen atoms in total. The summed E-state index contributed by atoms with van der Waals surface area (Å²) in [5, 5.41) is 16.6. The third-order valence-corrected chi connectivity index (χ3v) is 3.94. The number of nitrogens with one attached hydrogen (secondary N) is 1. The van der Waals surface area contributed by atoms with Crippen LogP contribution in [0.5, 0.6) is 0 Å². The maximum absolute atomic E-state index is 12.1. The van der Waals surface area contributed by atoms with Gasteiger partial charge in [-0.15, -0.1) is 0 Å². The van der Waals surface area contributed by atoms with E-state index < -0.39 is 12.0 Å². The minimum atomic E-state index is -0.789. The molecule has 0 saturated heterocycles. The molecular formula is C16H13NO4S. The maximum atomic E-state index is 12.1. The van der Waals surface area contributed by atoms with Gasteiger partial charge in [0.15, 0.2) is 11.2 Å². The van der Waals surface area contributed by atoms with Crippen LogP contribution in [0.2, 0.25) is 0 Å². The van der Waals surface area contributed by atoms with E-state index >= 15 is 0 Å². The van der Waals surface area contributed by atoms with E-state index in [1.807, 2.05) is 10.8 Å². The second-order valence-corrected chi connectivity index (χ2v) is 5.53. The SMILES string of the molecule is O=C(NCC(O)c1ccsc1)c1cc(=O)c2ccccc2o1. The summed E-state index contributed by atoms with van der Waals surface area (Å²) >= 11 is 1.47. The molecule has 0 saturated carbocycles. The number of hydrogen-bond acceptors (Lipinski definition) is 5. The first kappa shape index (κ1) is 14.5. The first-order valence-corrected chi connectivity index (χ1v) is 7.60. The summed E-state index contributed by atoms with van der Waals surface area (Å²) in [5.41, 5.74) is 0.828. The van der Waals surface area contributed by atoms with E-state index in [0.29, 0.717) is 11.0 Å². The van der Waals surface area contributed by atoms with Crippen LogP contribution in [0.25, 0.3) is 11.0 Å². The smallest absolute Gasteiger partial charge is 0.287 e. The summed E-state index contributed by atoms with van der Waals surface area (Å²) in [4.78, 5) is 24.0. The molecule has 1 atom stereocenters. The molecule has 0 radical (unpaired) electrons. The van der Waals surface area contributed by atoms with Crippen molar-refractivity contribution in [3.05, 3.63) is 68.7 Å². The number of para-hydroxylation sites is 1. The summed E-state index contributed by atoms with van der Waals surface area (Å²) in [6.45, 7) is 0.0477. The highest BCUT2D eigenvalue weighted by Crippen LogP contribution is 2.16. The quantitative estimate of drug-likeness (QED) is 0.774. The molecule has 0 aliphatic carbocycles. The first-order valence-electron chi connectivity index (χ1n) is 6.66. The van der Waals surface area contributed by atoms with Gasteiger partial charge >= 0.3 is 0 Å². The predicted molar refractivity (Wildman–Crippen MR) is 84.1 cm³/mol. The van der Waals surface area contributed by atoms with Crippen molar-refractivity contribution in [3.8, 4) is 0 Å². The molecule has 0 bridgehead atoms. The molecule has 0 spiro atoms. The average Bonchev–Trinajstić information content (AvgIpc) is 3.06. The maximum Gasteiger partial charge on any atom is 0.287 e. The molecule has 6 heteroatoms.